The second-order valence-corrected chi connectivity index (χ2v) is 6.23. The van der Waals surface area contributed by atoms with Gasteiger partial charge in [-0.15, -0.1) is 0 Å². The molecule has 0 aliphatic carbocycles. The number of furan rings is 1. The Morgan fingerprint density at radius 1 is 0.810 bits per heavy atom. The molecular weight excluding hydrogens is 348 g/mol. The summed E-state index contributed by atoms with van der Waals surface area (Å²) in [4.78, 5) is 0. The van der Waals surface area contributed by atoms with Crippen LogP contribution in [0.25, 0.3) is 33.1 Å². The largest absolute Gasteiger partial charge is 0.456 e. The summed E-state index contributed by atoms with van der Waals surface area (Å²) in [5.74, 6) is 0. The van der Waals surface area contributed by atoms with Gasteiger partial charge < -0.3 is 4.42 Å². The molecule has 4 aromatic rings. The maximum absolute atomic E-state index is 6.04. The van der Waals surface area contributed by atoms with Crippen LogP contribution in [-0.4, -0.2) is 0 Å². The SMILES string of the molecule is Clc1ccc2c(c1)oc1cc(-c3ccccc3)cc(Br)c12. The highest BCUT2D eigenvalue weighted by atomic mass is 79.9. The first-order valence-corrected chi connectivity index (χ1v) is 7.76. The molecule has 0 saturated carbocycles. The van der Waals surface area contributed by atoms with Gasteiger partial charge in [-0.3, -0.25) is 0 Å². The van der Waals surface area contributed by atoms with Crippen LogP contribution in [0, 0.1) is 0 Å². The Hall–Kier alpha value is -1.77. The third-order valence-electron chi connectivity index (χ3n) is 3.59. The lowest BCUT2D eigenvalue weighted by Crippen LogP contribution is -1.78. The van der Waals surface area contributed by atoms with Crippen LogP contribution in [0.4, 0.5) is 0 Å². The van der Waals surface area contributed by atoms with Gasteiger partial charge in [-0.1, -0.05) is 41.9 Å². The summed E-state index contributed by atoms with van der Waals surface area (Å²) in [6.45, 7) is 0. The van der Waals surface area contributed by atoms with Crippen molar-refractivity contribution in [1.29, 1.82) is 0 Å². The standard InChI is InChI=1S/C18H10BrClO/c19-15-8-12(11-4-2-1-3-5-11)9-17-18(15)14-7-6-13(20)10-16(14)21-17/h1-10H. The molecule has 0 amide bonds. The van der Waals surface area contributed by atoms with E-state index in [2.05, 4.69) is 40.2 Å². The highest BCUT2D eigenvalue weighted by Gasteiger charge is 2.12. The highest BCUT2D eigenvalue weighted by Crippen LogP contribution is 2.38. The third kappa shape index (κ3) is 2.15. The molecule has 102 valence electrons. The average molecular weight is 358 g/mol. The number of benzene rings is 3. The summed E-state index contributed by atoms with van der Waals surface area (Å²) in [6, 6.07) is 20.2. The van der Waals surface area contributed by atoms with Gasteiger partial charge >= 0.3 is 0 Å². The minimum atomic E-state index is 0.681. The summed E-state index contributed by atoms with van der Waals surface area (Å²) in [5, 5.41) is 2.84. The molecule has 0 saturated heterocycles. The van der Waals surface area contributed by atoms with E-state index in [0.717, 1.165) is 32.0 Å². The molecule has 1 nitrogen and oxygen atoms in total. The Bertz CT molecular complexity index is 957. The van der Waals surface area contributed by atoms with Gasteiger partial charge in [0.15, 0.2) is 0 Å². The van der Waals surface area contributed by atoms with Gasteiger partial charge in [0.1, 0.15) is 11.2 Å². The summed E-state index contributed by atoms with van der Waals surface area (Å²) < 4.78 is 6.99. The Labute approximate surface area is 135 Å². The Morgan fingerprint density at radius 3 is 2.43 bits per heavy atom. The number of halogens is 2. The van der Waals surface area contributed by atoms with Crippen LogP contribution in [0.5, 0.6) is 0 Å². The van der Waals surface area contributed by atoms with Gasteiger partial charge in [0.25, 0.3) is 0 Å². The molecule has 21 heavy (non-hydrogen) atoms. The van der Waals surface area contributed by atoms with Crippen molar-refractivity contribution in [3.63, 3.8) is 0 Å². The number of hydrogen-bond donors (Lipinski definition) is 0. The minimum absolute atomic E-state index is 0.681. The van der Waals surface area contributed by atoms with E-state index in [9.17, 15) is 0 Å². The molecule has 0 aliphatic heterocycles. The smallest absolute Gasteiger partial charge is 0.137 e. The Balaban J connectivity index is 2.04. The van der Waals surface area contributed by atoms with Crippen molar-refractivity contribution in [3.8, 4) is 11.1 Å². The summed E-state index contributed by atoms with van der Waals surface area (Å²) in [5.41, 5.74) is 3.96. The van der Waals surface area contributed by atoms with Gasteiger partial charge in [0, 0.05) is 26.3 Å². The molecule has 0 aliphatic rings. The van der Waals surface area contributed by atoms with Crippen molar-refractivity contribution in [2.45, 2.75) is 0 Å². The zero-order chi connectivity index (χ0) is 14.4. The average Bonchev–Trinajstić information content (AvgIpc) is 2.85. The number of fused-ring (bicyclic) bond motifs is 3. The van der Waals surface area contributed by atoms with Crippen molar-refractivity contribution in [3.05, 3.63) is 70.2 Å². The topological polar surface area (TPSA) is 13.1 Å². The molecule has 3 heteroatoms. The summed E-state index contributed by atoms with van der Waals surface area (Å²) >= 11 is 9.71. The van der Waals surface area contributed by atoms with Crippen LogP contribution < -0.4 is 0 Å². The molecule has 1 heterocycles. The van der Waals surface area contributed by atoms with Crippen LogP contribution in [-0.2, 0) is 0 Å². The summed E-state index contributed by atoms with van der Waals surface area (Å²) in [7, 11) is 0. The predicted molar refractivity (Wildman–Crippen MR) is 91.9 cm³/mol. The van der Waals surface area contributed by atoms with Gasteiger partial charge in [-0.05, 0) is 51.3 Å². The van der Waals surface area contributed by atoms with Gasteiger partial charge in [-0.25, -0.2) is 0 Å². The van der Waals surface area contributed by atoms with E-state index < -0.39 is 0 Å². The van der Waals surface area contributed by atoms with Gasteiger partial charge in [-0.2, -0.15) is 0 Å². The molecule has 1 aromatic heterocycles. The van der Waals surface area contributed by atoms with Gasteiger partial charge in [0.05, 0.1) is 0 Å². The zero-order valence-corrected chi connectivity index (χ0v) is 13.3. The molecule has 4 rings (SSSR count). The van der Waals surface area contributed by atoms with E-state index in [4.69, 9.17) is 16.0 Å². The van der Waals surface area contributed by atoms with E-state index in [1.807, 2.05) is 36.4 Å². The molecule has 0 unspecified atom stereocenters. The quantitative estimate of drug-likeness (QED) is 0.371. The number of hydrogen-bond acceptors (Lipinski definition) is 1. The van der Waals surface area contributed by atoms with E-state index in [0.29, 0.717) is 5.02 Å². The molecule has 0 spiro atoms. The highest BCUT2D eigenvalue weighted by molar-refractivity contribution is 9.10. The first kappa shape index (κ1) is 12.9. The van der Waals surface area contributed by atoms with Crippen LogP contribution in [0.2, 0.25) is 5.02 Å². The Morgan fingerprint density at radius 2 is 1.62 bits per heavy atom. The third-order valence-corrected chi connectivity index (χ3v) is 4.45. The molecule has 0 fully saturated rings. The fourth-order valence-corrected chi connectivity index (χ4v) is 3.44. The minimum Gasteiger partial charge on any atom is -0.456 e. The van der Waals surface area contributed by atoms with Crippen LogP contribution in [0.15, 0.2) is 69.6 Å². The van der Waals surface area contributed by atoms with Crippen molar-refractivity contribution >= 4 is 49.5 Å². The molecule has 0 bridgehead atoms. The van der Waals surface area contributed by atoms with Crippen molar-refractivity contribution in [1.82, 2.24) is 0 Å². The zero-order valence-electron chi connectivity index (χ0n) is 10.9. The summed E-state index contributed by atoms with van der Waals surface area (Å²) in [6.07, 6.45) is 0. The van der Waals surface area contributed by atoms with E-state index in [-0.39, 0.29) is 0 Å². The second-order valence-electron chi connectivity index (χ2n) is 4.94. The predicted octanol–water partition coefficient (Wildman–Crippen LogP) is 6.67. The van der Waals surface area contributed by atoms with Crippen molar-refractivity contribution in [2.75, 3.05) is 0 Å². The van der Waals surface area contributed by atoms with Crippen LogP contribution in [0.3, 0.4) is 0 Å². The fraction of sp³-hybridized carbons (Fsp3) is 0. The molecule has 0 N–H and O–H groups in total. The second kappa shape index (κ2) is 4.90. The number of rotatable bonds is 1. The van der Waals surface area contributed by atoms with Crippen LogP contribution in [0.1, 0.15) is 0 Å². The normalized spacial score (nSPS) is 11.3. The fourth-order valence-electron chi connectivity index (χ4n) is 2.63. The lowest BCUT2D eigenvalue weighted by atomic mass is 10.0. The molecule has 0 radical (unpaired) electrons. The maximum atomic E-state index is 6.04. The lowest BCUT2D eigenvalue weighted by Gasteiger charge is -2.03. The first-order valence-electron chi connectivity index (χ1n) is 6.59. The molecule has 3 aromatic carbocycles. The van der Waals surface area contributed by atoms with Crippen molar-refractivity contribution in [2.24, 2.45) is 0 Å². The van der Waals surface area contributed by atoms with Gasteiger partial charge in [0.2, 0.25) is 0 Å². The van der Waals surface area contributed by atoms with Crippen LogP contribution >= 0.6 is 27.5 Å². The monoisotopic (exact) mass is 356 g/mol. The first-order chi connectivity index (χ1) is 10.2. The maximum Gasteiger partial charge on any atom is 0.137 e. The van der Waals surface area contributed by atoms with Crippen molar-refractivity contribution < 1.29 is 4.42 Å². The van der Waals surface area contributed by atoms with E-state index in [1.54, 1.807) is 0 Å². The van der Waals surface area contributed by atoms with E-state index >= 15 is 0 Å². The Kier molecular flexibility index (Phi) is 3.02. The lowest BCUT2D eigenvalue weighted by molar-refractivity contribution is 0.669. The molecule has 0 atom stereocenters. The van der Waals surface area contributed by atoms with E-state index in [1.165, 1.54) is 5.56 Å². The molecular formula is C18H10BrClO.